The van der Waals surface area contributed by atoms with E-state index in [4.69, 9.17) is 0 Å². The highest BCUT2D eigenvalue weighted by molar-refractivity contribution is 8.00. The zero-order valence-corrected chi connectivity index (χ0v) is 15.5. The molecule has 0 fully saturated rings. The Bertz CT molecular complexity index is 1040. The second kappa shape index (κ2) is 7.72. The molecule has 0 radical (unpaired) electrons. The number of amides is 1. The molecule has 128 valence electrons. The second-order valence-electron chi connectivity index (χ2n) is 5.75. The molecule has 0 aliphatic carbocycles. The van der Waals surface area contributed by atoms with E-state index in [1.165, 1.54) is 33.9 Å². The minimum Gasteiger partial charge on any atom is -0.301 e. The fourth-order valence-corrected chi connectivity index (χ4v) is 4.09. The zero-order chi connectivity index (χ0) is 17.8. The lowest BCUT2D eigenvalue weighted by Gasteiger charge is -2.02. The van der Waals surface area contributed by atoms with Crippen LogP contribution in [-0.2, 0) is 4.79 Å². The van der Waals surface area contributed by atoms with Gasteiger partial charge < -0.3 is 5.32 Å². The molecular weight excluding hydrogens is 360 g/mol. The summed E-state index contributed by atoms with van der Waals surface area (Å²) in [7, 11) is 0. The number of anilines is 1. The van der Waals surface area contributed by atoms with Crippen molar-refractivity contribution in [2.24, 2.45) is 0 Å². The van der Waals surface area contributed by atoms with Gasteiger partial charge in [0.2, 0.25) is 5.91 Å². The van der Waals surface area contributed by atoms with Gasteiger partial charge in [0.1, 0.15) is 0 Å². The lowest BCUT2D eigenvalue weighted by atomic mass is 10.1. The molecule has 0 spiro atoms. The van der Waals surface area contributed by atoms with Crippen molar-refractivity contribution in [2.45, 2.75) is 4.90 Å². The molecule has 1 amide bonds. The first-order valence-corrected chi connectivity index (χ1v) is 10.1. The van der Waals surface area contributed by atoms with Gasteiger partial charge in [-0.25, -0.2) is 4.98 Å². The third-order valence-corrected chi connectivity index (χ3v) is 5.68. The van der Waals surface area contributed by atoms with Crippen LogP contribution < -0.4 is 5.32 Å². The van der Waals surface area contributed by atoms with Crippen molar-refractivity contribution in [1.82, 2.24) is 4.98 Å². The summed E-state index contributed by atoms with van der Waals surface area (Å²) in [6.07, 6.45) is 0. The van der Waals surface area contributed by atoms with Gasteiger partial charge in [-0.3, -0.25) is 4.79 Å². The highest BCUT2D eigenvalue weighted by atomic mass is 32.2. The van der Waals surface area contributed by atoms with Gasteiger partial charge in [-0.2, -0.15) is 0 Å². The number of benzene rings is 3. The lowest BCUT2D eigenvalue weighted by molar-refractivity contribution is -0.113. The number of thioether (sulfide) groups is 1. The van der Waals surface area contributed by atoms with E-state index in [1.807, 2.05) is 47.8 Å². The molecule has 1 heterocycles. The average Bonchev–Trinajstić information content (AvgIpc) is 3.15. The van der Waals surface area contributed by atoms with Crippen molar-refractivity contribution >= 4 is 44.9 Å². The van der Waals surface area contributed by atoms with Gasteiger partial charge in [0.05, 0.1) is 11.4 Å². The second-order valence-corrected chi connectivity index (χ2v) is 7.66. The summed E-state index contributed by atoms with van der Waals surface area (Å²) in [6.45, 7) is 0. The first-order chi connectivity index (χ1) is 12.8. The first-order valence-electron chi connectivity index (χ1n) is 8.20. The van der Waals surface area contributed by atoms with E-state index in [0.717, 1.165) is 16.2 Å². The van der Waals surface area contributed by atoms with Crippen LogP contribution >= 0.6 is 23.1 Å². The molecule has 4 rings (SSSR count). The van der Waals surface area contributed by atoms with Crippen molar-refractivity contribution in [3.05, 3.63) is 78.2 Å². The van der Waals surface area contributed by atoms with Crippen LogP contribution in [0.15, 0.2) is 83.1 Å². The molecular formula is C21H16N2OS2. The average molecular weight is 377 g/mol. The van der Waals surface area contributed by atoms with Gasteiger partial charge in [0.15, 0.2) is 5.13 Å². The van der Waals surface area contributed by atoms with Gasteiger partial charge in [0.25, 0.3) is 0 Å². The van der Waals surface area contributed by atoms with E-state index in [1.54, 1.807) is 0 Å². The van der Waals surface area contributed by atoms with E-state index in [2.05, 4.69) is 40.6 Å². The Morgan fingerprint density at radius 2 is 1.73 bits per heavy atom. The fourth-order valence-electron chi connectivity index (χ4n) is 2.63. The Balaban J connectivity index is 1.43. The van der Waals surface area contributed by atoms with Crippen molar-refractivity contribution in [2.75, 3.05) is 11.1 Å². The van der Waals surface area contributed by atoms with Gasteiger partial charge >= 0.3 is 0 Å². The highest BCUT2D eigenvalue weighted by Crippen LogP contribution is 2.28. The summed E-state index contributed by atoms with van der Waals surface area (Å²) in [5, 5.41) is 7.88. The first kappa shape index (κ1) is 16.8. The maximum Gasteiger partial charge on any atom is 0.236 e. The molecule has 0 bridgehead atoms. The van der Waals surface area contributed by atoms with Gasteiger partial charge in [-0.15, -0.1) is 23.1 Å². The molecule has 1 N–H and O–H groups in total. The van der Waals surface area contributed by atoms with Crippen LogP contribution in [0.4, 0.5) is 5.13 Å². The third kappa shape index (κ3) is 3.95. The lowest BCUT2D eigenvalue weighted by Crippen LogP contribution is -2.13. The number of aromatic nitrogens is 1. The molecule has 0 atom stereocenters. The largest absolute Gasteiger partial charge is 0.301 e. The van der Waals surface area contributed by atoms with E-state index in [9.17, 15) is 4.79 Å². The summed E-state index contributed by atoms with van der Waals surface area (Å²) >= 11 is 2.96. The minimum absolute atomic E-state index is 0.0433. The van der Waals surface area contributed by atoms with E-state index >= 15 is 0 Å². The molecule has 5 heteroatoms. The Kier molecular flexibility index (Phi) is 5.00. The predicted octanol–water partition coefficient (Wildman–Crippen LogP) is 5.69. The van der Waals surface area contributed by atoms with Crippen molar-refractivity contribution < 1.29 is 4.79 Å². The molecule has 3 aromatic carbocycles. The van der Waals surface area contributed by atoms with E-state index in [0.29, 0.717) is 10.9 Å². The van der Waals surface area contributed by atoms with Crippen LogP contribution in [0, 0.1) is 0 Å². The zero-order valence-electron chi connectivity index (χ0n) is 13.9. The van der Waals surface area contributed by atoms with Crippen LogP contribution in [-0.4, -0.2) is 16.6 Å². The predicted molar refractivity (Wildman–Crippen MR) is 111 cm³/mol. The molecule has 3 nitrogen and oxygen atoms in total. The molecule has 0 saturated heterocycles. The summed E-state index contributed by atoms with van der Waals surface area (Å²) < 4.78 is 0. The van der Waals surface area contributed by atoms with Crippen molar-refractivity contribution in [1.29, 1.82) is 0 Å². The normalized spacial score (nSPS) is 10.8. The molecule has 1 aromatic heterocycles. The molecule has 0 unspecified atom stereocenters. The Morgan fingerprint density at radius 1 is 0.962 bits per heavy atom. The van der Waals surface area contributed by atoms with Crippen LogP contribution in [0.25, 0.3) is 22.0 Å². The Labute approximate surface area is 160 Å². The minimum atomic E-state index is -0.0433. The van der Waals surface area contributed by atoms with Crippen molar-refractivity contribution in [3.8, 4) is 11.3 Å². The summed E-state index contributed by atoms with van der Waals surface area (Å²) in [6, 6.07) is 24.4. The number of thiazole rings is 1. The number of fused-ring (bicyclic) bond motifs is 1. The Hall–Kier alpha value is -2.63. The van der Waals surface area contributed by atoms with Gasteiger partial charge in [0, 0.05) is 15.8 Å². The summed E-state index contributed by atoms with van der Waals surface area (Å²) in [5.41, 5.74) is 1.94. The van der Waals surface area contributed by atoms with E-state index in [-0.39, 0.29) is 5.91 Å². The fraction of sp³-hybridized carbons (Fsp3) is 0.0476. The number of rotatable bonds is 5. The molecule has 26 heavy (non-hydrogen) atoms. The topological polar surface area (TPSA) is 42.0 Å². The van der Waals surface area contributed by atoms with Crippen LogP contribution in [0.3, 0.4) is 0 Å². The number of nitrogens with one attached hydrogen (secondary N) is 1. The standard InChI is InChI=1S/C21H16N2OS2/c24-20(14-25-18-8-2-1-3-9-18)23-21-22-19(13-26-21)17-11-10-15-6-4-5-7-16(15)12-17/h1-13H,14H2,(H,22,23,24). The number of carbonyl (C=O) groups excluding carboxylic acids is 1. The van der Waals surface area contributed by atoms with Gasteiger partial charge in [-0.1, -0.05) is 54.6 Å². The smallest absolute Gasteiger partial charge is 0.236 e. The monoisotopic (exact) mass is 376 g/mol. The van der Waals surface area contributed by atoms with Crippen molar-refractivity contribution in [3.63, 3.8) is 0 Å². The van der Waals surface area contributed by atoms with Gasteiger partial charge in [-0.05, 0) is 29.0 Å². The molecule has 4 aromatic rings. The number of nitrogens with zero attached hydrogens (tertiary/aromatic N) is 1. The summed E-state index contributed by atoms with van der Waals surface area (Å²) in [5.74, 6) is 0.327. The molecule has 0 aliphatic heterocycles. The Morgan fingerprint density at radius 3 is 2.58 bits per heavy atom. The number of hydrogen-bond donors (Lipinski definition) is 1. The van der Waals surface area contributed by atoms with Crippen LogP contribution in [0.5, 0.6) is 0 Å². The van der Waals surface area contributed by atoms with E-state index < -0.39 is 0 Å². The summed E-state index contributed by atoms with van der Waals surface area (Å²) in [4.78, 5) is 17.8. The SMILES string of the molecule is O=C(CSc1ccccc1)Nc1nc(-c2ccc3ccccc3c2)cs1. The maximum absolute atomic E-state index is 12.1. The molecule has 0 saturated carbocycles. The quantitative estimate of drug-likeness (QED) is 0.455. The molecule has 0 aliphatic rings. The number of carbonyl (C=O) groups is 1. The highest BCUT2D eigenvalue weighted by Gasteiger charge is 2.09. The third-order valence-electron chi connectivity index (χ3n) is 3.91. The number of hydrogen-bond acceptors (Lipinski definition) is 4. The van der Waals surface area contributed by atoms with Crippen LogP contribution in [0.1, 0.15) is 0 Å². The maximum atomic E-state index is 12.1. The van der Waals surface area contributed by atoms with Crippen LogP contribution in [0.2, 0.25) is 0 Å².